The number of carbonyl (C=O) groups excluding carboxylic acids is 3. The van der Waals surface area contributed by atoms with Crippen LogP contribution in [0.25, 0.3) is 11.2 Å². The average Bonchev–Trinajstić information content (AvgIpc) is 3.72. The van der Waals surface area contributed by atoms with Crippen LogP contribution in [-0.2, 0) is 55.8 Å². The molecule has 4 aliphatic heterocycles. The maximum Gasteiger partial charge on any atom is 0.481 e. The van der Waals surface area contributed by atoms with Crippen LogP contribution in [0.2, 0.25) is 0 Å². The van der Waals surface area contributed by atoms with Crippen LogP contribution in [0.15, 0.2) is 53.8 Å². The lowest BCUT2D eigenvalue weighted by Gasteiger charge is -2.39. The van der Waals surface area contributed by atoms with E-state index in [0.717, 1.165) is 17.2 Å². The molecule has 0 saturated carbocycles. The zero-order valence-electron chi connectivity index (χ0n) is 26.6. The lowest BCUT2D eigenvalue weighted by Crippen LogP contribution is -2.63. The van der Waals surface area contributed by atoms with Crippen molar-refractivity contribution in [2.75, 3.05) is 13.2 Å². The number of aliphatic hydroxyl groups is 4. The van der Waals surface area contributed by atoms with Gasteiger partial charge in [0.05, 0.1) is 12.9 Å². The van der Waals surface area contributed by atoms with Crippen LogP contribution in [0.4, 0.5) is 5.82 Å². The van der Waals surface area contributed by atoms with E-state index in [4.69, 9.17) is 33.7 Å². The number of rotatable bonds is 12. The van der Waals surface area contributed by atoms with Gasteiger partial charge in [0.1, 0.15) is 31.2 Å². The molecule has 2 saturated heterocycles. The van der Waals surface area contributed by atoms with Gasteiger partial charge in [0.25, 0.3) is 0 Å². The molecule has 0 radical (unpaired) electrons. The number of esters is 2. The van der Waals surface area contributed by atoms with E-state index >= 15 is 0 Å². The molecule has 2 unspecified atom stereocenters. The van der Waals surface area contributed by atoms with E-state index in [0.29, 0.717) is 12.2 Å². The predicted molar refractivity (Wildman–Crippen MR) is 166 cm³/mol. The van der Waals surface area contributed by atoms with Gasteiger partial charge in [-0.15, -0.1) is 0 Å². The van der Waals surface area contributed by atoms with Crippen LogP contribution in [0.3, 0.4) is 0 Å². The molecule has 4 aliphatic rings. The number of ether oxygens (including phenoxy) is 4. The minimum atomic E-state index is -5.85. The van der Waals surface area contributed by atoms with Crippen LogP contribution >= 0.6 is 15.6 Å². The summed E-state index contributed by atoms with van der Waals surface area (Å²) in [5, 5.41) is 43.8. The number of nitrogens with two attached hydrogens (primary N) is 1. The highest BCUT2D eigenvalue weighted by Gasteiger charge is 2.73. The van der Waals surface area contributed by atoms with E-state index in [1.54, 1.807) is 0 Å². The molecule has 6 rings (SSSR count). The molecule has 2 fully saturated rings. The number of carbonyl (C=O) groups is 3. The fraction of sp³-hybridized carbons (Fsp3) is 0.423. The monoisotopic (exact) mass is 789 g/mol. The van der Waals surface area contributed by atoms with Gasteiger partial charge in [0, 0.05) is 30.1 Å². The molecule has 2 aromatic rings. The Morgan fingerprint density at radius 3 is 2.45 bits per heavy atom. The first kappa shape index (κ1) is 38.4. The summed E-state index contributed by atoms with van der Waals surface area (Å²) in [4.78, 5) is 74.1. The first-order chi connectivity index (χ1) is 24.9. The lowest BCUT2D eigenvalue weighted by molar-refractivity contribution is -0.356. The summed E-state index contributed by atoms with van der Waals surface area (Å²) < 4.78 is 61.7. The Morgan fingerprint density at radius 2 is 1.75 bits per heavy atom. The van der Waals surface area contributed by atoms with Crippen molar-refractivity contribution in [1.29, 1.82) is 0 Å². The van der Waals surface area contributed by atoms with Gasteiger partial charge in [-0.2, -0.15) is 4.31 Å². The first-order valence-corrected chi connectivity index (χ1v) is 17.9. The zero-order valence-corrected chi connectivity index (χ0v) is 28.4. The van der Waals surface area contributed by atoms with Crippen molar-refractivity contribution < 1.29 is 86.0 Å². The summed E-state index contributed by atoms with van der Waals surface area (Å²) in [7, 11) is -11.5. The number of phosphoric acid groups is 2. The average molecular weight is 789 g/mol. The van der Waals surface area contributed by atoms with Crippen molar-refractivity contribution in [1.82, 2.24) is 24.4 Å². The van der Waals surface area contributed by atoms with Crippen LogP contribution < -0.4 is 5.73 Å². The van der Waals surface area contributed by atoms with Crippen molar-refractivity contribution in [2.45, 2.75) is 54.9 Å². The third-order valence-corrected chi connectivity index (χ3v) is 10.6. The molecular formula is C26H29N7O18P2. The number of hydrogen-bond acceptors (Lipinski definition) is 21. The third kappa shape index (κ3) is 7.30. The molecule has 10 atom stereocenters. The lowest BCUT2D eigenvalue weighted by atomic mass is 10.0. The van der Waals surface area contributed by atoms with E-state index in [1.165, 1.54) is 23.4 Å². The van der Waals surface area contributed by atoms with Crippen LogP contribution in [0, 0.1) is 0 Å². The highest BCUT2D eigenvalue weighted by molar-refractivity contribution is 7.61. The maximum atomic E-state index is 13.0. The van der Waals surface area contributed by atoms with Gasteiger partial charge in [-0.25, -0.2) is 38.7 Å². The largest absolute Gasteiger partial charge is 0.481 e. The Kier molecular flexibility index (Phi) is 10.2. The molecule has 27 heteroatoms. The highest BCUT2D eigenvalue weighted by atomic mass is 31.3. The second-order valence-corrected chi connectivity index (χ2v) is 14.5. The molecule has 25 nitrogen and oxygen atoms in total. The van der Waals surface area contributed by atoms with E-state index in [1.807, 2.05) is 0 Å². The second kappa shape index (κ2) is 14.1. The number of aliphatic hydroxyl groups excluding tert-OH is 3. The molecule has 2 aromatic heterocycles. The molecule has 8 N–H and O–H groups in total. The Bertz CT molecular complexity index is 2030. The molecular weight excluding hydrogens is 760 g/mol. The Morgan fingerprint density at radius 1 is 1.06 bits per heavy atom. The molecule has 53 heavy (non-hydrogen) atoms. The Hall–Kier alpha value is -4.33. The Labute approximate surface area is 295 Å². The van der Waals surface area contributed by atoms with Crippen molar-refractivity contribution in [2.24, 2.45) is 10.7 Å². The standard InChI is InChI=1S/C26H29N7O18P2/c1-28-21-16-22(30-10-29-21)33(11-31-16)24-19(38)26(40)25(50-24,48-14(34)4-5-15(35)49-26)9-46-53(43,44)51-52(41,42)45-8-13-17(36)18(37)23(47-13)32-6-2-3-12(7-32)20(27)39/h2,4-7,10-11,13,17-19,23-24,36-38,40H,1,3,8-9H2,(H2,27,39)(H,41,42)(H,43,44)/b5-4-/t13-,17-,18-,19-,23-,24-,25+,26+/m1/s1. The number of amides is 1. The van der Waals surface area contributed by atoms with E-state index in [9.17, 15) is 53.7 Å². The number of imidazole rings is 1. The molecule has 1 amide bonds. The van der Waals surface area contributed by atoms with Crippen molar-refractivity contribution in [3.05, 3.63) is 48.9 Å². The van der Waals surface area contributed by atoms with Crippen LogP contribution in [-0.4, -0.2) is 135 Å². The van der Waals surface area contributed by atoms with Gasteiger partial charge in [-0.3, -0.25) is 18.4 Å². The minimum absolute atomic E-state index is 0.0137. The Balaban J connectivity index is 1.18. The fourth-order valence-corrected chi connectivity index (χ4v) is 7.65. The van der Waals surface area contributed by atoms with Crippen LogP contribution in [0.5, 0.6) is 0 Å². The summed E-state index contributed by atoms with van der Waals surface area (Å²) in [6, 6.07) is 0. The number of fused-ring (bicyclic) bond motifs is 2. The van der Waals surface area contributed by atoms with Gasteiger partial charge in [-0.1, -0.05) is 6.08 Å². The number of primary amides is 1. The third-order valence-electron chi connectivity index (χ3n) is 8.06. The van der Waals surface area contributed by atoms with Gasteiger partial charge in [0.15, 0.2) is 35.5 Å². The predicted octanol–water partition coefficient (Wildman–Crippen LogP) is -2.62. The normalized spacial score (nSPS) is 34.2. The smallest absolute Gasteiger partial charge is 0.420 e. The van der Waals surface area contributed by atoms with Gasteiger partial charge in [-0.05, 0) is 13.1 Å². The molecule has 0 aromatic carbocycles. The van der Waals surface area contributed by atoms with Gasteiger partial charge < -0.3 is 59.8 Å². The fourth-order valence-electron chi connectivity index (χ4n) is 5.56. The molecule has 286 valence electrons. The number of allylic oxidation sites excluding steroid dienone is 1. The summed E-state index contributed by atoms with van der Waals surface area (Å²) in [5.74, 6) is -10.3. The number of aliphatic imine (C=N–C) groups is 1. The first-order valence-electron chi connectivity index (χ1n) is 14.9. The highest BCUT2D eigenvalue weighted by Crippen LogP contribution is 2.61. The maximum absolute atomic E-state index is 13.0. The molecule has 6 heterocycles. The number of hydrogen-bond donors (Lipinski definition) is 7. The van der Waals surface area contributed by atoms with Gasteiger partial charge in [0.2, 0.25) is 5.91 Å². The molecule has 0 aliphatic carbocycles. The molecule has 0 bridgehead atoms. The minimum Gasteiger partial charge on any atom is -0.420 e. The summed E-state index contributed by atoms with van der Waals surface area (Å²) in [6.45, 7) is 0.689. The zero-order chi connectivity index (χ0) is 38.5. The molecule has 0 spiro atoms. The quantitative estimate of drug-likeness (QED) is 0.0657. The van der Waals surface area contributed by atoms with Crippen molar-refractivity contribution in [3.8, 4) is 0 Å². The van der Waals surface area contributed by atoms with E-state index in [-0.39, 0.29) is 29.0 Å². The van der Waals surface area contributed by atoms with E-state index in [2.05, 4.69) is 31.0 Å². The summed E-state index contributed by atoms with van der Waals surface area (Å²) in [5.41, 5.74) is 5.35. The number of aromatic nitrogens is 4. The van der Waals surface area contributed by atoms with E-state index < -0.39 is 95.2 Å². The van der Waals surface area contributed by atoms with Gasteiger partial charge >= 0.3 is 39.2 Å². The summed E-state index contributed by atoms with van der Waals surface area (Å²) in [6.07, 6.45) is -3.13. The number of phosphoric ester groups is 2. The topological polar surface area (TPSA) is 357 Å². The second-order valence-electron chi connectivity index (χ2n) is 11.4. The van der Waals surface area contributed by atoms with Crippen LogP contribution in [0.1, 0.15) is 12.6 Å². The summed E-state index contributed by atoms with van der Waals surface area (Å²) >= 11 is 0. The number of nitrogens with zero attached hydrogens (tertiary/aromatic N) is 6. The van der Waals surface area contributed by atoms with Crippen molar-refractivity contribution in [3.63, 3.8) is 0 Å². The SMILES string of the molecule is C=Nc1ncnc2c1ncn2[C@@H]1O[C@]2(COP(=O)(O)OP(=O)(O)OC[C@H]3O[C@@H](N4C=CCC(C(N)=O)=C4)[C@H](O)[C@@H]3O)OC(=O)/C=C\C(=O)O[C@@]2(O)[C@@H]1O. The van der Waals surface area contributed by atoms with Crippen molar-refractivity contribution >= 4 is 57.2 Å².